The number of amides is 3. The summed E-state index contributed by atoms with van der Waals surface area (Å²) >= 11 is 3.43. The molecule has 1 aliphatic heterocycles. The van der Waals surface area contributed by atoms with Crippen LogP contribution < -0.4 is 10.9 Å². The van der Waals surface area contributed by atoms with E-state index in [1.54, 1.807) is 4.90 Å². The first-order chi connectivity index (χ1) is 14.8. The lowest BCUT2D eigenvalue weighted by Gasteiger charge is -2.43. The first-order valence-electron chi connectivity index (χ1n) is 10.2. The highest BCUT2D eigenvalue weighted by atomic mass is 79.9. The highest BCUT2D eigenvalue weighted by molar-refractivity contribution is 9.10. The van der Waals surface area contributed by atoms with Crippen LogP contribution in [0.5, 0.6) is 0 Å². The van der Waals surface area contributed by atoms with E-state index >= 15 is 0 Å². The van der Waals surface area contributed by atoms with Crippen molar-refractivity contribution in [3.05, 3.63) is 70.2 Å². The Bertz CT molecular complexity index is 936. The number of nitrogens with zero attached hydrogens (tertiary/aromatic N) is 1. The summed E-state index contributed by atoms with van der Waals surface area (Å²) in [5, 5.41) is 0. The Hall–Kier alpha value is -2.87. The Kier molecular flexibility index (Phi) is 7.33. The largest absolute Gasteiger partial charge is 0.438 e. The van der Waals surface area contributed by atoms with Crippen LogP contribution in [0.2, 0.25) is 0 Å². The van der Waals surface area contributed by atoms with Crippen molar-refractivity contribution in [3.63, 3.8) is 0 Å². The van der Waals surface area contributed by atoms with E-state index in [0.717, 1.165) is 15.6 Å². The van der Waals surface area contributed by atoms with Crippen molar-refractivity contribution < 1.29 is 19.1 Å². The first-order valence-corrected chi connectivity index (χ1v) is 11.0. The molecule has 7 nitrogen and oxygen atoms in total. The molecule has 2 aromatic carbocycles. The quantitative estimate of drug-likeness (QED) is 0.597. The van der Waals surface area contributed by atoms with Crippen LogP contribution in [0.15, 0.2) is 59.1 Å². The Labute approximate surface area is 190 Å². The summed E-state index contributed by atoms with van der Waals surface area (Å²) < 4.78 is 7.00. The molecule has 164 valence electrons. The van der Waals surface area contributed by atoms with Gasteiger partial charge in [0.15, 0.2) is 0 Å². The van der Waals surface area contributed by atoms with Crippen LogP contribution in [0, 0.1) is 0 Å². The van der Waals surface area contributed by atoms with Gasteiger partial charge in [0.1, 0.15) is 5.60 Å². The van der Waals surface area contributed by atoms with E-state index < -0.39 is 11.7 Å². The molecule has 1 fully saturated rings. The molecule has 2 atom stereocenters. The number of hydrazine groups is 1. The second kappa shape index (κ2) is 9.96. The molecule has 0 spiro atoms. The van der Waals surface area contributed by atoms with Crippen molar-refractivity contribution in [2.24, 2.45) is 0 Å². The maximum Gasteiger partial charge on any atom is 0.411 e. The molecular formula is C23H26BrN3O4. The first kappa shape index (κ1) is 22.8. The lowest BCUT2D eigenvalue weighted by atomic mass is 9.84. The average Bonchev–Trinajstić information content (AvgIpc) is 2.77. The molecule has 1 unspecified atom stereocenters. The number of carbonyl (C=O) groups is 3. The van der Waals surface area contributed by atoms with E-state index in [0.29, 0.717) is 19.4 Å². The van der Waals surface area contributed by atoms with Crippen LogP contribution in [0.4, 0.5) is 4.79 Å². The summed E-state index contributed by atoms with van der Waals surface area (Å²) in [6, 6.07) is 17.2. The third-order valence-corrected chi connectivity index (χ3v) is 6.06. The van der Waals surface area contributed by atoms with E-state index in [4.69, 9.17) is 4.74 Å². The number of hydrogen-bond acceptors (Lipinski definition) is 4. The predicted octanol–water partition coefficient (Wildman–Crippen LogP) is 4.20. The van der Waals surface area contributed by atoms with Gasteiger partial charge in [-0.15, -0.1) is 0 Å². The van der Waals surface area contributed by atoms with Crippen molar-refractivity contribution in [2.45, 2.75) is 44.8 Å². The van der Waals surface area contributed by atoms with Gasteiger partial charge in [-0.3, -0.25) is 20.4 Å². The molecular weight excluding hydrogens is 462 g/mol. The van der Waals surface area contributed by atoms with Gasteiger partial charge in [-0.05, 0) is 30.2 Å². The maximum absolute atomic E-state index is 13.1. The Morgan fingerprint density at radius 1 is 1.13 bits per heavy atom. The Morgan fingerprint density at radius 2 is 1.81 bits per heavy atom. The van der Waals surface area contributed by atoms with Crippen LogP contribution in [0.3, 0.4) is 0 Å². The smallest absolute Gasteiger partial charge is 0.411 e. The monoisotopic (exact) mass is 487 g/mol. The van der Waals surface area contributed by atoms with Gasteiger partial charge < -0.3 is 9.64 Å². The number of hydrogen-bond donors (Lipinski definition) is 2. The van der Waals surface area contributed by atoms with Crippen molar-refractivity contribution in [2.75, 3.05) is 6.54 Å². The zero-order valence-electron chi connectivity index (χ0n) is 17.6. The number of ether oxygens (including phenoxy) is 1. The molecule has 0 aliphatic carbocycles. The third-order valence-electron chi connectivity index (χ3n) is 5.53. The minimum Gasteiger partial charge on any atom is -0.438 e. The summed E-state index contributed by atoms with van der Waals surface area (Å²) in [7, 11) is 0. The molecule has 0 aromatic heterocycles. The van der Waals surface area contributed by atoms with Gasteiger partial charge in [-0.25, -0.2) is 4.79 Å². The molecule has 31 heavy (non-hydrogen) atoms. The fraction of sp³-hybridized carbons (Fsp3) is 0.348. The molecule has 2 aromatic rings. The number of benzene rings is 2. The summed E-state index contributed by atoms with van der Waals surface area (Å²) in [6.07, 6.45) is 0.559. The number of nitrogens with one attached hydrogen (secondary N) is 2. The molecule has 3 rings (SSSR count). The highest BCUT2D eigenvalue weighted by Crippen LogP contribution is 2.40. The van der Waals surface area contributed by atoms with Crippen LogP contribution in [-0.4, -0.2) is 29.4 Å². The zero-order chi connectivity index (χ0) is 22.4. The number of rotatable bonds is 6. The Morgan fingerprint density at radius 3 is 2.42 bits per heavy atom. The second-order valence-corrected chi connectivity index (χ2v) is 8.54. The molecule has 2 N–H and O–H groups in total. The topological polar surface area (TPSA) is 87.7 Å². The van der Waals surface area contributed by atoms with Gasteiger partial charge in [0, 0.05) is 37.2 Å². The zero-order valence-corrected chi connectivity index (χ0v) is 19.1. The summed E-state index contributed by atoms with van der Waals surface area (Å²) in [5.41, 5.74) is 5.61. The molecule has 0 bridgehead atoms. The van der Waals surface area contributed by atoms with Gasteiger partial charge in [0.25, 0.3) is 0 Å². The van der Waals surface area contributed by atoms with Gasteiger partial charge in [-0.2, -0.15) is 0 Å². The fourth-order valence-corrected chi connectivity index (χ4v) is 4.01. The standard InChI is InChI=1S/C23H26BrN3O4/c1-16(18-8-10-20(24)11-9-18)27-15-14-23(31-22(27)30,19-6-4-3-5-7-19)13-12-21(29)26-25-17(2)28/h3-11,16H,12-15H2,1-2H3,(H,25,28)(H,26,29)/t16-,23?/m0/s1. The minimum absolute atomic E-state index is 0.102. The van der Waals surface area contributed by atoms with Crippen molar-refractivity contribution >= 4 is 33.8 Å². The summed E-state index contributed by atoms with van der Waals surface area (Å²) in [5.74, 6) is -0.694. The SMILES string of the molecule is CC(=O)NNC(=O)CCC1(c2ccccc2)CCN([C@@H](C)c2ccc(Br)cc2)C(=O)O1. The minimum atomic E-state index is -0.901. The molecule has 1 saturated heterocycles. The number of cyclic esters (lactones) is 1. The molecule has 1 heterocycles. The van der Waals surface area contributed by atoms with E-state index in [9.17, 15) is 14.4 Å². The van der Waals surface area contributed by atoms with E-state index in [1.165, 1.54) is 6.92 Å². The third kappa shape index (κ3) is 5.64. The van der Waals surface area contributed by atoms with E-state index in [-0.39, 0.29) is 24.3 Å². The van der Waals surface area contributed by atoms with Gasteiger partial charge in [0.05, 0.1) is 6.04 Å². The second-order valence-electron chi connectivity index (χ2n) is 7.63. The average molecular weight is 488 g/mol. The van der Waals surface area contributed by atoms with Crippen LogP contribution in [-0.2, 0) is 19.9 Å². The molecule has 8 heteroatoms. The van der Waals surface area contributed by atoms with Crippen LogP contribution in [0.25, 0.3) is 0 Å². The van der Waals surface area contributed by atoms with Crippen molar-refractivity contribution in [1.29, 1.82) is 0 Å². The molecule has 0 saturated carbocycles. The van der Waals surface area contributed by atoms with Gasteiger partial charge in [0.2, 0.25) is 11.8 Å². The number of carbonyl (C=O) groups excluding carboxylic acids is 3. The maximum atomic E-state index is 13.1. The predicted molar refractivity (Wildman–Crippen MR) is 120 cm³/mol. The Balaban J connectivity index is 1.75. The number of halogens is 1. The van der Waals surface area contributed by atoms with E-state index in [2.05, 4.69) is 26.8 Å². The van der Waals surface area contributed by atoms with Crippen LogP contribution >= 0.6 is 15.9 Å². The van der Waals surface area contributed by atoms with E-state index in [1.807, 2.05) is 61.5 Å². The van der Waals surface area contributed by atoms with Gasteiger partial charge >= 0.3 is 6.09 Å². The lowest BCUT2D eigenvalue weighted by Crippen LogP contribution is -2.49. The summed E-state index contributed by atoms with van der Waals surface area (Å²) in [6.45, 7) is 3.79. The normalized spacial score (nSPS) is 19.3. The van der Waals surface area contributed by atoms with Crippen molar-refractivity contribution in [3.8, 4) is 0 Å². The van der Waals surface area contributed by atoms with Gasteiger partial charge in [-0.1, -0.05) is 58.4 Å². The fourth-order valence-electron chi connectivity index (χ4n) is 3.74. The van der Waals surface area contributed by atoms with Crippen molar-refractivity contribution in [1.82, 2.24) is 15.8 Å². The highest BCUT2D eigenvalue weighted by Gasteiger charge is 2.43. The molecule has 0 radical (unpaired) electrons. The summed E-state index contributed by atoms with van der Waals surface area (Å²) in [4.78, 5) is 37.9. The lowest BCUT2D eigenvalue weighted by molar-refractivity contribution is -0.129. The van der Waals surface area contributed by atoms with Crippen LogP contribution in [0.1, 0.15) is 50.3 Å². The molecule has 3 amide bonds. The molecule has 1 aliphatic rings.